The van der Waals surface area contributed by atoms with Crippen LogP contribution in [0, 0.1) is 0 Å². The number of aromatic nitrogens is 4. The molecule has 0 unspecified atom stereocenters. The van der Waals surface area contributed by atoms with Gasteiger partial charge in [0.05, 0.1) is 10.4 Å². The second kappa shape index (κ2) is 10.4. The molecule has 2 N–H and O–H groups in total. The van der Waals surface area contributed by atoms with Crippen LogP contribution < -0.4 is 0 Å². The summed E-state index contributed by atoms with van der Waals surface area (Å²) in [6, 6.07) is -0.356. The number of carbonyl (C=O) groups is 1. The third-order valence-electron chi connectivity index (χ3n) is 7.06. The number of likely N-dealkylation sites (tertiary alicyclic amines) is 1. The average Bonchev–Trinajstić information content (AvgIpc) is 3.58. The molecular formula is C25H24F9N5O3S. The average molecular weight is 646 g/mol. The lowest BCUT2D eigenvalue weighted by Crippen LogP contribution is -2.54. The van der Waals surface area contributed by atoms with E-state index in [0.29, 0.717) is 30.2 Å². The number of rotatable bonds is 5. The zero-order valence-electron chi connectivity index (χ0n) is 22.8. The molecule has 0 saturated carbocycles. The highest BCUT2D eigenvalue weighted by Crippen LogP contribution is 2.52. The van der Waals surface area contributed by atoms with E-state index in [9.17, 15) is 54.5 Å². The minimum atomic E-state index is -6.43. The van der Waals surface area contributed by atoms with Gasteiger partial charge in [-0.2, -0.15) is 39.5 Å². The van der Waals surface area contributed by atoms with Gasteiger partial charge in [0, 0.05) is 30.8 Å². The molecule has 1 aromatic carbocycles. The molecule has 1 amide bonds. The van der Waals surface area contributed by atoms with Crippen LogP contribution in [0.4, 0.5) is 39.5 Å². The van der Waals surface area contributed by atoms with Crippen molar-refractivity contribution in [2.75, 3.05) is 6.54 Å². The predicted molar refractivity (Wildman–Crippen MR) is 134 cm³/mol. The molecule has 1 aliphatic rings. The minimum absolute atomic E-state index is 0.0270. The van der Waals surface area contributed by atoms with Gasteiger partial charge in [0.1, 0.15) is 11.3 Å². The van der Waals surface area contributed by atoms with Crippen molar-refractivity contribution < 1.29 is 54.5 Å². The molecule has 1 aliphatic heterocycles. The van der Waals surface area contributed by atoms with E-state index in [4.69, 9.17) is 0 Å². The first-order chi connectivity index (χ1) is 19.5. The van der Waals surface area contributed by atoms with E-state index in [-0.39, 0.29) is 35.3 Å². The van der Waals surface area contributed by atoms with Gasteiger partial charge in [-0.25, -0.2) is 4.98 Å². The molecule has 0 bridgehead atoms. The molecule has 0 spiro atoms. The Morgan fingerprint density at radius 3 is 2.07 bits per heavy atom. The summed E-state index contributed by atoms with van der Waals surface area (Å²) < 4.78 is 125. The summed E-state index contributed by atoms with van der Waals surface area (Å²) in [5.74, 6) is -0.864. The van der Waals surface area contributed by atoms with Crippen molar-refractivity contribution in [2.45, 2.75) is 69.4 Å². The Morgan fingerprint density at radius 2 is 1.60 bits per heavy atom. The lowest BCUT2D eigenvalue weighted by molar-refractivity contribution is -0.376. The van der Waals surface area contributed by atoms with Crippen LogP contribution in [0.3, 0.4) is 0 Å². The number of amides is 1. The summed E-state index contributed by atoms with van der Waals surface area (Å²) in [7, 11) is 1.42. The topological polar surface area (TPSA) is 104 Å². The van der Waals surface area contributed by atoms with E-state index in [1.807, 2.05) is 0 Å². The van der Waals surface area contributed by atoms with Crippen molar-refractivity contribution in [3.8, 4) is 21.3 Å². The molecular weight excluding hydrogens is 621 g/mol. The maximum absolute atomic E-state index is 14.3. The first-order valence-electron chi connectivity index (χ1n) is 12.5. The minimum Gasteiger partial charge on any atom is -0.382 e. The number of hydrogen-bond acceptors (Lipinski definition) is 7. The lowest BCUT2D eigenvalue weighted by Gasteiger charge is -2.33. The Balaban J connectivity index is 2.00. The number of halogens is 9. The molecule has 0 aliphatic carbocycles. The van der Waals surface area contributed by atoms with Gasteiger partial charge in [0.25, 0.3) is 11.5 Å². The standard InChI is InChI=1S/C25H24F9N5O3S/c1-11-6-5-9-39(11)19(40)15-16(43-18(35-15)17-36-37-20(38(17)4)21(2,3)41)13-8-7-12(10-14(13)23(26,27)28)22(42,24(29,30)31)25(32,33)34/h7-8,10-11,41-42H,5-6,9H2,1-4H3/t11-/m0/s1. The van der Waals surface area contributed by atoms with Crippen LogP contribution in [0.25, 0.3) is 21.3 Å². The van der Waals surface area contributed by atoms with Crippen LogP contribution in [0.2, 0.25) is 0 Å². The Bertz CT molecular complexity index is 1520. The molecule has 1 fully saturated rings. The van der Waals surface area contributed by atoms with Gasteiger partial charge in [-0.15, -0.1) is 21.5 Å². The number of aliphatic hydroxyl groups is 2. The molecule has 1 saturated heterocycles. The van der Waals surface area contributed by atoms with Crippen molar-refractivity contribution in [3.05, 3.63) is 40.8 Å². The van der Waals surface area contributed by atoms with Gasteiger partial charge < -0.3 is 19.7 Å². The largest absolute Gasteiger partial charge is 0.430 e. The maximum atomic E-state index is 14.3. The molecule has 0 radical (unpaired) electrons. The monoisotopic (exact) mass is 645 g/mol. The zero-order valence-corrected chi connectivity index (χ0v) is 23.6. The molecule has 18 heteroatoms. The SMILES string of the molecule is C[C@H]1CCCN1C(=O)c1nc(-c2nnc(C(C)(C)O)n2C)sc1-c1ccc(C(O)(C(F)(F)F)C(F)(F)F)cc1C(F)(F)F. The maximum Gasteiger partial charge on any atom is 0.430 e. The van der Waals surface area contributed by atoms with E-state index in [1.54, 1.807) is 6.92 Å². The van der Waals surface area contributed by atoms with E-state index >= 15 is 0 Å². The number of benzene rings is 1. The molecule has 3 aromatic rings. The van der Waals surface area contributed by atoms with Crippen LogP contribution in [-0.4, -0.2) is 65.7 Å². The molecule has 43 heavy (non-hydrogen) atoms. The predicted octanol–water partition coefficient (Wildman–Crippen LogP) is 5.79. The van der Waals surface area contributed by atoms with Crippen molar-refractivity contribution in [3.63, 3.8) is 0 Å². The number of thiazole rings is 1. The second-order valence-electron chi connectivity index (χ2n) is 10.6. The zero-order chi connectivity index (χ0) is 32.5. The van der Waals surface area contributed by atoms with E-state index in [2.05, 4.69) is 15.2 Å². The summed E-state index contributed by atoms with van der Waals surface area (Å²) in [6.45, 7) is 4.70. The van der Waals surface area contributed by atoms with Crippen LogP contribution in [0.1, 0.15) is 61.1 Å². The fourth-order valence-electron chi connectivity index (χ4n) is 4.85. The van der Waals surface area contributed by atoms with Crippen molar-refractivity contribution in [2.24, 2.45) is 7.05 Å². The van der Waals surface area contributed by atoms with Gasteiger partial charge in [-0.1, -0.05) is 12.1 Å². The Hall–Kier alpha value is -3.25. The Labute approximate surface area is 241 Å². The highest BCUT2D eigenvalue weighted by Gasteiger charge is 2.71. The summed E-state index contributed by atoms with van der Waals surface area (Å²) in [5, 5.41) is 27.7. The van der Waals surface area contributed by atoms with Crippen molar-refractivity contribution >= 4 is 17.2 Å². The lowest BCUT2D eigenvalue weighted by atomic mass is 9.88. The first-order valence-corrected chi connectivity index (χ1v) is 13.3. The summed E-state index contributed by atoms with van der Waals surface area (Å²) in [4.78, 5) is 18.6. The second-order valence-corrected chi connectivity index (χ2v) is 11.6. The fourth-order valence-corrected chi connectivity index (χ4v) is 5.97. The van der Waals surface area contributed by atoms with Gasteiger partial charge in [0.15, 0.2) is 16.7 Å². The molecule has 8 nitrogen and oxygen atoms in total. The van der Waals surface area contributed by atoms with Gasteiger partial charge in [-0.3, -0.25) is 4.79 Å². The highest BCUT2D eigenvalue weighted by molar-refractivity contribution is 7.18. The van der Waals surface area contributed by atoms with Gasteiger partial charge in [0.2, 0.25) is 0 Å². The van der Waals surface area contributed by atoms with Crippen LogP contribution >= 0.6 is 11.3 Å². The Morgan fingerprint density at radius 1 is 1.00 bits per heavy atom. The molecule has 236 valence electrons. The van der Waals surface area contributed by atoms with E-state index in [0.717, 1.165) is 0 Å². The normalized spacial score (nSPS) is 17.2. The summed E-state index contributed by atoms with van der Waals surface area (Å²) in [5.41, 5.74) is -12.7. The quantitative estimate of drug-likeness (QED) is 0.341. The van der Waals surface area contributed by atoms with Crippen LogP contribution in [-0.2, 0) is 24.4 Å². The van der Waals surface area contributed by atoms with Crippen LogP contribution in [0.5, 0.6) is 0 Å². The first kappa shape index (κ1) is 32.7. The highest BCUT2D eigenvalue weighted by atomic mass is 32.1. The van der Waals surface area contributed by atoms with Crippen LogP contribution in [0.15, 0.2) is 18.2 Å². The van der Waals surface area contributed by atoms with E-state index < -0.39 is 69.0 Å². The number of hydrogen-bond donors (Lipinski definition) is 2. The molecule has 4 rings (SSSR count). The molecule has 3 heterocycles. The number of alkyl halides is 9. The molecule has 2 aromatic heterocycles. The summed E-state index contributed by atoms with van der Waals surface area (Å²) >= 11 is 0.476. The molecule has 1 atom stereocenters. The van der Waals surface area contributed by atoms with E-state index in [1.165, 1.54) is 30.4 Å². The van der Waals surface area contributed by atoms with Gasteiger partial charge in [-0.05, 0) is 39.7 Å². The Kier molecular flexibility index (Phi) is 7.92. The van der Waals surface area contributed by atoms with Crippen molar-refractivity contribution in [1.82, 2.24) is 24.6 Å². The van der Waals surface area contributed by atoms with Crippen molar-refractivity contribution in [1.29, 1.82) is 0 Å². The number of nitrogens with zero attached hydrogens (tertiary/aromatic N) is 5. The summed E-state index contributed by atoms with van der Waals surface area (Å²) in [6.07, 6.45) is -17.2. The van der Waals surface area contributed by atoms with Gasteiger partial charge >= 0.3 is 18.5 Å². The third-order valence-corrected chi connectivity index (χ3v) is 8.15. The third kappa shape index (κ3) is 5.59. The smallest absolute Gasteiger partial charge is 0.382 e. The number of carbonyl (C=O) groups excluding carboxylic acids is 1. The fraction of sp³-hybridized carbons (Fsp3) is 0.520.